The lowest BCUT2D eigenvalue weighted by Crippen LogP contribution is -3.27. The molecule has 0 unspecified atom stereocenters. The van der Waals surface area contributed by atoms with Crippen molar-refractivity contribution in [3.05, 3.63) is 65.7 Å². The van der Waals surface area contributed by atoms with Gasteiger partial charge in [0.2, 0.25) is 0 Å². The molecular formula is C25H36N2O2+2. The molecule has 156 valence electrons. The summed E-state index contributed by atoms with van der Waals surface area (Å²) in [5.41, 5.74) is 2.59. The van der Waals surface area contributed by atoms with Crippen LogP contribution in [-0.4, -0.2) is 46.4 Å². The monoisotopic (exact) mass is 396 g/mol. The molecule has 4 heteroatoms. The van der Waals surface area contributed by atoms with Crippen molar-refractivity contribution in [2.45, 2.75) is 26.3 Å². The number of hydrogen-bond acceptors (Lipinski definition) is 2. The number of allylic oxidation sites excluding steroid dienone is 1. The van der Waals surface area contributed by atoms with Crippen molar-refractivity contribution in [3.8, 4) is 11.5 Å². The second-order valence-corrected chi connectivity index (χ2v) is 7.88. The number of hydrogen-bond donors (Lipinski definition) is 2. The third-order valence-electron chi connectivity index (χ3n) is 5.69. The van der Waals surface area contributed by atoms with E-state index < -0.39 is 0 Å². The van der Waals surface area contributed by atoms with Crippen molar-refractivity contribution in [2.75, 3.05) is 46.4 Å². The Morgan fingerprint density at radius 2 is 1.66 bits per heavy atom. The first-order valence-electron chi connectivity index (χ1n) is 10.9. The lowest BCUT2D eigenvalue weighted by Gasteiger charge is -2.29. The van der Waals surface area contributed by atoms with Gasteiger partial charge in [0.15, 0.2) is 11.5 Å². The lowest BCUT2D eigenvalue weighted by molar-refractivity contribution is -1.02. The fourth-order valence-electron chi connectivity index (χ4n) is 4.03. The summed E-state index contributed by atoms with van der Waals surface area (Å²) in [5, 5.41) is 0. The molecule has 1 aliphatic heterocycles. The molecule has 1 saturated heterocycles. The number of ether oxygens (including phenoxy) is 2. The van der Waals surface area contributed by atoms with Gasteiger partial charge >= 0.3 is 0 Å². The smallest absolute Gasteiger partial charge is 0.161 e. The van der Waals surface area contributed by atoms with Crippen LogP contribution in [0.3, 0.4) is 0 Å². The molecule has 0 saturated carbocycles. The van der Waals surface area contributed by atoms with Crippen LogP contribution in [0.15, 0.2) is 54.6 Å². The largest absolute Gasteiger partial charge is 0.493 e. The predicted octanol–water partition coefficient (Wildman–Crippen LogP) is 1.87. The number of nitrogens with one attached hydrogen (secondary N) is 2. The minimum Gasteiger partial charge on any atom is -0.493 e. The number of benzene rings is 2. The molecule has 1 heterocycles. The van der Waals surface area contributed by atoms with Crippen molar-refractivity contribution in [1.29, 1.82) is 0 Å². The van der Waals surface area contributed by atoms with Gasteiger partial charge in [0.25, 0.3) is 0 Å². The highest BCUT2D eigenvalue weighted by Crippen LogP contribution is 2.28. The van der Waals surface area contributed by atoms with Gasteiger partial charge in [-0.25, -0.2) is 0 Å². The van der Waals surface area contributed by atoms with Crippen LogP contribution in [-0.2, 0) is 6.54 Å². The van der Waals surface area contributed by atoms with Crippen LogP contribution in [0.4, 0.5) is 0 Å². The predicted molar refractivity (Wildman–Crippen MR) is 119 cm³/mol. The Morgan fingerprint density at radius 3 is 2.38 bits per heavy atom. The molecule has 0 bridgehead atoms. The molecule has 0 amide bonds. The van der Waals surface area contributed by atoms with Gasteiger partial charge in [0, 0.05) is 5.56 Å². The Kier molecular flexibility index (Phi) is 8.59. The van der Waals surface area contributed by atoms with Gasteiger partial charge in [0.05, 0.1) is 20.3 Å². The van der Waals surface area contributed by atoms with Crippen LogP contribution in [0.25, 0.3) is 6.08 Å². The van der Waals surface area contributed by atoms with E-state index in [0.717, 1.165) is 36.6 Å². The minimum absolute atomic E-state index is 0.748. The zero-order valence-electron chi connectivity index (χ0n) is 18.0. The summed E-state index contributed by atoms with van der Waals surface area (Å²) in [6, 6.07) is 17.0. The van der Waals surface area contributed by atoms with Gasteiger partial charge in [-0.05, 0) is 37.5 Å². The third kappa shape index (κ3) is 6.91. The first-order valence-corrected chi connectivity index (χ1v) is 10.9. The van der Waals surface area contributed by atoms with Crippen LogP contribution < -0.4 is 19.3 Å². The summed E-state index contributed by atoms with van der Waals surface area (Å²) < 4.78 is 11.4. The number of rotatable bonds is 10. The standard InChI is InChI=1S/C25H34N2O2/c1-3-9-22-12-13-24(25(20-22)28-2)29-19-8-7-14-26-15-17-27(18-16-26)21-23-10-5-4-6-11-23/h3-6,9-13,20H,7-8,14-19,21H2,1-2H3/p+2/b9-3+. The van der Waals surface area contributed by atoms with Crippen LogP contribution in [0.5, 0.6) is 11.5 Å². The SMILES string of the molecule is C/C=C/c1ccc(OCCCC[NH+]2CC[NH+](Cc3ccccc3)CC2)c(OC)c1. The summed E-state index contributed by atoms with van der Waals surface area (Å²) in [5.74, 6) is 1.65. The fraction of sp³-hybridized carbons (Fsp3) is 0.440. The van der Waals surface area contributed by atoms with E-state index in [9.17, 15) is 0 Å². The molecule has 0 radical (unpaired) electrons. The second kappa shape index (κ2) is 11.6. The number of unbranched alkanes of at least 4 members (excludes halogenated alkanes) is 1. The highest BCUT2D eigenvalue weighted by molar-refractivity contribution is 5.55. The van der Waals surface area contributed by atoms with Crippen LogP contribution in [0.2, 0.25) is 0 Å². The highest BCUT2D eigenvalue weighted by atomic mass is 16.5. The van der Waals surface area contributed by atoms with E-state index in [1.165, 1.54) is 44.7 Å². The Bertz CT molecular complexity index is 753. The summed E-state index contributed by atoms with van der Waals surface area (Å²) >= 11 is 0. The molecule has 2 aromatic rings. The Balaban J connectivity index is 1.31. The average molecular weight is 397 g/mol. The van der Waals surface area contributed by atoms with Crippen molar-refractivity contribution < 1.29 is 19.3 Å². The van der Waals surface area contributed by atoms with E-state index in [-0.39, 0.29) is 0 Å². The van der Waals surface area contributed by atoms with Crippen LogP contribution in [0.1, 0.15) is 30.9 Å². The van der Waals surface area contributed by atoms with E-state index in [1.807, 2.05) is 25.1 Å². The summed E-state index contributed by atoms with van der Waals surface area (Å²) in [4.78, 5) is 3.46. The normalized spacial score (nSPS) is 19.4. The van der Waals surface area contributed by atoms with Crippen molar-refractivity contribution in [1.82, 2.24) is 0 Å². The molecule has 0 aromatic heterocycles. The lowest BCUT2D eigenvalue weighted by atomic mass is 10.2. The average Bonchev–Trinajstić information content (AvgIpc) is 2.76. The van der Waals surface area contributed by atoms with Crippen LogP contribution in [0, 0.1) is 0 Å². The third-order valence-corrected chi connectivity index (χ3v) is 5.69. The first kappa shape index (κ1) is 21.4. The molecule has 0 spiro atoms. The molecule has 1 fully saturated rings. The molecule has 1 aliphatic rings. The Labute approximate surface area is 175 Å². The van der Waals surface area contributed by atoms with E-state index in [2.05, 4.69) is 42.5 Å². The summed E-state index contributed by atoms with van der Waals surface area (Å²) in [6.07, 6.45) is 6.39. The van der Waals surface area contributed by atoms with E-state index in [1.54, 1.807) is 16.9 Å². The maximum absolute atomic E-state index is 5.97. The van der Waals surface area contributed by atoms with E-state index in [0.29, 0.717) is 0 Å². The first-order chi connectivity index (χ1) is 14.3. The molecule has 4 nitrogen and oxygen atoms in total. The van der Waals surface area contributed by atoms with Crippen molar-refractivity contribution in [2.24, 2.45) is 0 Å². The fourth-order valence-corrected chi connectivity index (χ4v) is 4.03. The van der Waals surface area contributed by atoms with Gasteiger partial charge in [-0.2, -0.15) is 0 Å². The van der Waals surface area contributed by atoms with Gasteiger partial charge in [-0.3, -0.25) is 0 Å². The summed E-state index contributed by atoms with van der Waals surface area (Å²) in [7, 11) is 1.70. The molecule has 29 heavy (non-hydrogen) atoms. The molecule has 3 rings (SSSR count). The van der Waals surface area contributed by atoms with Crippen molar-refractivity contribution in [3.63, 3.8) is 0 Å². The maximum Gasteiger partial charge on any atom is 0.161 e. The van der Waals surface area contributed by atoms with Crippen molar-refractivity contribution >= 4 is 6.08 Å². The topological polar surface area (TPSA) is 27.3 Å². The maximum atomic E-state index is 5.97. The zero-order chi connectivity index (χ0) is 20.3. The zero-order valence-corrected chi connectivity index (χ0v) is 18.0. The summed E-state index contributed by atoms with van der Waals surface area (Å²) in [6.45, 7) is 10.3. The van der Waals surface area contributed by atoms with Gasteiger partial charge in [0.1, 0.15) is 32.7 Å². The highest BCUT2D eigenvalue weighted by Gasteiger charge is 2.22. The Morgan fingerprint density at radius 1 is 0.897 bits per heavy atom. The molecule has 0 aliphatic carbocycles. The van der Waals surface area contributed by atoms with Gasteiger partial charge in [-0.1, -0.05) is 48.6 Å². The quantitative estimate of drug-likeness (QED) is 0.600. The molecule has 2 aromatic carbocycles. The van der Waals surface area contributed by atoms with E-state index >= 15 is 0 Å². The van der Waals surface area contributed by atoms with Gasteiger partial charge < -0.3 is 19.3 Å². The molecule has 2 N–H and O–H groups in total. The number of quaternary nitrogens is 2. The van der Waals surface area contributed by atoms with E-state index in [4.69, 9.17) is 9.47 Å². The molecular weight excluding hydrogens is 360 g/mol. The van der Waals surface area contributed by atoms with Gasteiger partial charge in [-0.15, -0.1) is 0 Å². The minimum atomic E-state index is 0.748. The van der Waals surface area contributed by atoms with Crippen LogP contribution >= 0.6 is 0 Å². The second-order valence-electron chi connectivity index (χ2n) is 7.88. The number of piperazine rings is 1. The Hall–Kier alpha value is -2.30. The molecule has 0 atom stereocenters. The number of methoxy groups -OCH3 is 1.